The molecule has 1 saturated carbocycles. The molecule has 1 fully saturated rings. The first kappa shape index (κ1) is 14.0. The molecule has 0 heterocycles. The van der Waals surface area contributed by atoms with E-state index in [2.05, 4.69) is 4.74 Å². The van der Waals surface area contributed by atoms with E-state index in [4.69, 9.17) is 5.26 Å². The molecule has 0 bridgehead atoms. The van der Waals surface area contributed by atoms with Gasteiger partial charge in [0.2, 0.25) is 0 Å². The third kappa shape index (κ3) is 3.43. The fourth-order valence-electron chi connectivity index (χ4n) is 1.88. The van der Waals surface area contributed by atoms with Crippen molar-refractivity contribution in [2.45, 2.75) is 37.9 Å². The Balaban J connectivity index is 2.72. The number of methoxy groups -OCH3 is 1. The third-order valence-electron chi connectivity index (χ3n) is 3.16. The van der Waals surface area contributed by atoms with Crippen LogP contribution in [0.3, 0.4) is 0 Å². The molecule has 0 N–H and O–H groups in total. The predicted octanol–water partition coefficient (Wildman–Crippen LogP) is 1.05. The Morgan fingerprint density at radius 1 is 1.53 bits per heavy atom. The Morgan fingerprint density at radius 3 is 2.47 bits per heavy atom. The van der Waals surface area contributed by atoms with E-state index in [0.29, 0.717) is 12.8 Å². The zero-order chi connectivity index (χ0) is 13.1. The lowest BCUT2D eigenvalue weighted by Gasteiger charge is -2.15. The van der Waals surface area contributed by atoms with E-state index in [1.54, 1.807) is 13.0 Å². The van der Waals surface area contributed by atoms with E-state index in [1.807, 2.05) is 0 Å². The normalized spacial score (nSPS) is 19.1. The molecule has 0 aromatic heterocycles. The number of esters is 1. The van der Waals surface area contributed by atoms with Crippen LogP contribution in [0.2, 0.25) is 0 Å². The number of sulfone groups is 1. The maximum absolute atomic E-state index is 11.9. The van der Waals surface area contributed by atoms with Gasteiger partial charge in [-0.15, -0.1) is 0 Å². The lowest BCUT2D eigenvalue weighted by molar-refractivity contribution is -0.141. The summed E-state index contributed by atoms with van der Waals surface area (Å²) in [5.41, 5.74) is -0.476. The predicted molar refractivity (Wildman–Crippen MR) is 61.8 cm³/mol. The summed E-state index contributed by atoms with van der Waals surface area (Å²) in [6.45, 7) is 1.67. The molecule has 0 saturated heterocycles. The van der Waals surface area contributed by atoms with Crippen LogP contribution in [0.25, 0.3) is 0 Å². The van der Waals surface area contributed by atoms with Crippen LogP contribution in [0.5, 0.6) is 0 Å². The minimum absolute atomic E-state index is 0.0822. The van der Waals surface area contributed by atoms with Gasteiger partial charge in [0.05, 0.1) is 25.4 Å². The Hall–Kier alpha value is -1.09. The van der Waals surface area contributed by atoms with Gasteiger partial charge in [-0.2, -0.15) is 5.26 Å². The van der Waals surface area contributed by atoms with Gasteiger partial charge in [-0.3, -0.25) is 4.79 Å². The maximum atomic E-state index is 11.9. The molecule has 96 valence electrons. The maximum Gasteiger partial charge on any atom is 0.306 e. The van der Waals surface area contributed by atoms with Crippen LogP contribution in [0, 0.1) is 16.7 Å². The van der Waals surface area contributed by atoms with Crippen molar-refractivity contribution >= 4 is 15.8 Å². The number of hydrogen-bond donors (Lipinski definition) is 0. The highest BCUT2D eigenvalue weighted by Gasteiger charge is 2.49. The summed E-state index contributed by atoms with van der Waals surface area (Å²) in [4.78, 5) is 11.2. The number of nitrogens with zero attached hydrogens (tertiary/aromatic N) is 1. The number of rotatable bonds is 6. The second kappa shape index (κ2) is 5.05. The van der Waals surface area contributed by atoms with Crippen molar-refractivity contribution in [2.75, 3.05) is 12.9 Å². The second-order valence-corrected chi connectivity index (χ2v) is 6.77. The van der Waals surface area contributed by atoms with Crippen LogP contribution >= 0.6 is 0 Å². The second-order valence-electron chi connectivity index (χ2n) is 4.59. The van der Waals surface area contributed by atoms with Gasteiger partial charge in [0, 0.05) is 0 Å². The number of carbonyl (C=O) groups is 1. The third-order valence-corrected chi connectivity index (χ3v) is 5.48. The fraction of sp³-hybridized carbons (Fsp3) is 0.818. The monoisotopic (exact) mass is 259 g/mol. The van der Waals surface area contributed by atoms with Crippen LogP contribution in [0.4, 0.5) is 0 Å². The highest BCUT2D eigenvalue weighted by molar-refractivity contribution is 7.92. The molecule has 0 aromatic carbocycles. The van der Waals surface area contributed by atoms with Crippen molar-refractivity contribution in [3.8, 4) is 6.07 Å². The summed E-state index contributed by atoms with van der Waals surface area (Å²) in [7, 11) is -2.15. The molecular formula is C11H17NO4S. The van der Waals surface area contributed by atoms with Gasteiger partial charge in [0.15, 0.2) is 9.84 Å². The standard InChI is InChI=1S/C11H17NO4S/c1-3-9(7-12)17(14,15)8-11(4-5-11)6-10(13)16-2/h9H,3-6,8H2,1-2H3. The molecule has 1 unspecified atom stereocenters. The van der Waals surface area contributed by atoms with Crippen LogP contribution in [0.1, 0.15) is 32.6 Å². The number of carbonyl (C=O) groups excluding carboxylic acids is 1. The highest BCUT2D eigenvalue weighted by atomic mass is 32.2. The topological polar surface area (TPSA) is 84.2 Å². The first-order valence-electron chi connectivity index (χ1n) is 5.57. The summed E-state index contributed by atoms with van der Waals surface area (Å²) >= 11 is 0. The smallest absolute Gasteiger partial charge is 0.306 e. The van der Waals surface area contributed by atoms with Gasteiger partial charge in [-0.25, -0.2) is 8.42 Å². The summed E-state index contributed by atoms with van der Waals surface area (Å²) in [5.74, 6) is -0.469. The van der Waals surface area contributed by atoms with E-state index in [-0.39, 0.29) is 24.6 Å². The first-order chi connectivity index (χ1) is 7.89. The summed E-state index contributed by atoms with van der Waals surface area (Å²) in [5, 5.41) is 7.83. The summed E-state index contributed by atoms with van der Waals surface area (Å²) in [6.07, 6.45) is 1.84. The van der Waals surface area contributed by atoms with Crippen LogP contribution in [-0.2, 0) is 19.4 Å². The van der Waals surface area contributed by atoms with Gasteiger partial charge in [-0.05, 0) is 24.7 Å². The van der Waals surface area contributed by atoms with Gasteiger partial charge in [-0.1, -0.05) is 6.92 Å². The lowest BCUT2D eigenvalue weighted by Crippen LogP contribution is -2.28. The average molecular weight is 259 g/mol. The average Bonchev–Trinajstić information content (AvgIpc) is 2.97. The van der Waals surface area contributed by atoms with E-state index in [9.17, 15) is 13.2 Å². The minimum Gasteiger partial charge on any atom is -0.469 e. The van der Waals surface area contributed by atoms with E-state index >= 15 is 0 Å². The molecular weight excluding hydrogens is 242 g/mol. The van der Waals surface area contributed by atoms with Gasteiger partial charge < -0.3 is 4.74 Å². The van der Waals surface area contributed by atoms with Crippen LogP contribution in [0.15, 0.2) is 0 Å². The molecule has 0 aliphatic heterocycles. The fourth-order valence-corrected chi connectivity index (χ4v) is 3.99. The molecule has 1 aliphatic carbocycles. The lowest BCUT2D eigenvalue weighted by atomic mass is 10.1. The largest absolute Gasteiger partial charge is 0.469 e. The van der Waals surface area contributed by atoms with E-state index in [0.717, 1.165) is 0 Å². The van der Waals surface area contributed by atoms with Crippen molar-refractivity contribution in [1.29, 1.82) is 5.26 Å². The number of ether oxygens (including phenoxy) is 1. The molecule has 1 rings (SSSR count). The Kier molecular flexibility index (Phi) is 4.15. The molecule has 0 spiro atoms. The number of nitriles is 1. The number of hydrogen-bond acceptors (Lipinski definition) is 5. The summed E-state index contributed by atoms with van der Waals surface area (Å²) < 4.78 is 28.4. The quantitative estimate of drug-likeness (QED) is 0.665. The Labute approximate surface area is 102 Å². The highest BCUT2D eigenvalue weighted by Crippen LogP contribution is 2.50. The zero-order valence-corrected chi connectivity index (χ0v) is 10.9. The molecule has 1 atom stereocenters. The molecule has 0 aromatic rings. The van der Waals surface area contributed by atoms with Crippen molar-refractivity contribution in [2.24, 2.45) is 5.41 Å². The Bertz CT molecular complexity index is 431. The van der Waals surface area contributed by atoms with Crippen LogP contribution in [-0.4, -0.2) is 32.5 Å². The van der Waals surface area contributed by atoms with Crippen molar-refractivity contribution in [3.05, 3.63) is 0 Å². The van der Waals surface area contributed by atoms with E-state index < -0.39 is 20.5 Å². The molecule has 0 amide bonds. The van der Waals surface area contributed by atoms with E-state index in [1.165, 1.54) is 7.11 Å². The van der Waals surface area contributed by atoms with Gasteiger partial charge in [0.1, 0.15) is 5.25 Å². The van der Waals surface area contributed by atoms with Crippen molar-refractivity contribution in [3.63, 3.8) is 0 Å². The summed E-state index contributed by atoms with van der Waals surface area (Å²) in [6, 6.07) is 1.81. The van der Waals surface area contributed by atoms with Crippen LogP contribution < -0.4 is 0 Å². The molecule has 1 aliphatic rings. The first-order valence-corrected chi connectivity index (χ1v) is 7.29. The molecule has 6 heteroatoms. The van der Waals surface area contributed by atoms with Crippen molar-refractivity contribution < 1.29 is 17.9 Å². The molecule has 5 nitrogen and oxygen atoms in total. The zero-order valence-electron chi connectivity index (χ0n) is 10.1. The van der Waals surface area contributed by atoms with Gasteiger partial charge in [0.25, 0.3) is 0 Å². The van der Waals surface area contributed by atoms with Gasteiger partial charge >= 0.3 is 5.97 Å². The SMILES string of the molecule is CCC(C#N)S(=O)(=O)CC1(CC(=O)OC)CC1. The molecule has 17 heavy (non-hydrogen) atoms. The minimum atomic E-state index is -3.44. The Morgan fingerprint density at radius 2 is 2.12 bits per heavy atom. The van der Waals surface area contributed by atoms with Crippen molar-refractivity contribution in [1.82, 2.24) is 0 Å². The molecule has 0 radical (unpaired) electrons.